The maximum absolute atomic E-state index is 10.2. The van der Waals surface area contributed by atoms with Crippen molar-refractivity contribution in [3.05, 3.63) is 0 Å². The van der Waals surface area contributed by atoms with Crippen molar-refractivity contribution in [1.29, 1.82) is 0 Å². The zero-order valence-corrected chi connectivity index (χ0v) is 7.02. The molecule has 0 spiro atoms. The minimum absolute atomic E-state index is 0.518. The highest BCUT2D eigenvalue weighted by Gasteiger charge is 1.95. The Kier molecular flexibility index (Phi) is 5.81. The van der Waals surface area contributed by atoms with E-state index in [2.05, 4.69) is 0 Å². The standard InChI is InChI=1S/C5H13NO3S/c1-6(10(7)8)4-3-5-9-2/h3-5H2,1-2H3,(H,7,8)/p-1. The van der Waals surface area contributed by atoms with E-state index < -0.39 is 11.3 Å². The molecule has 0 fully saturated rings. The molecule has 0 N–H and O–H groups in total. The average molecular weight is 166 g/mol. The average Bonchev–Trinajstić information content (AvgIpc) is 1.88. The van der Waals surface area contributed by atoms with E-state index in [4.69, 9.17) is 4.74 Å². The van der Waals surface area contributed by atoms with E-state index in [-0.39, 0.29) is 0 Å². The van der Waals surface area contributed by atoms with Gasteiger partial charge in [-0.1, -0.05) is 0 Å². The van der Waals surface area contributed by atoms with Gasteiger partial charge in [0, 0.05) is 31.5 Å². The molecule has 0 aliphatic carbocycles. The van der Waals surface area contributed by atoms with Crippen molar-refractivity contribution in [1.82, 2.24) is 4.31 Å². The van der Waals surface area contributed by atoms with Crippen molar-refractivity contribution in [2.45, 2.75) is 6.42 Å². The first-order chi connectivity index (χ1) is 4.68. The normalized spacial score (nSPS) is 14.0. The highest BCUT2D eigenvalue weighted by molar-refractivity contribution is 7.76. The fraction of sp³-hybridized carbons (Fsp3) is 1.00. The fourth-order valence-corrected chi connectivity index (χ4v) is 0.784. The molecule has 4 nitrogen and oxygen atoms in total. The van der Waals surface area contributed by atoms with Crippen LogP contribution in [0.2, 0.25) is 0 Å². The molecule has 0 bridgehead atoms. The Bertz CT molecular complexity index is 109. The third-order valence-electron chi connectivity index (χ3n) is 1.08. The van der Waals surface area contributed by atoms with Crippen LogP contribution in [0.5, 0.6) is 0 Å². The minimum Gasteiger partial charge on any atom is -0.760 e. The molecule has 0 saturated carbocycles. The van der Waals surface area contributed by atoms with E-state index in [1.54, 1.807) is 7.11 Å². The van der Waals surface area contributed by atoms with Gasteiger partial charge in [-0.15, -0.1) is 0 Å². The smallest absolute Gasteiger partial charge is 0.0474 e. The SMILES string of the molecule is COCCCN(C)S(=O)[O-]. The molecule has 0 aromatic carbocycles. The van der Waals surface area contributed by atoms with Crippen LogP contribution in [-0.4, -0.2) is 40.4 Å². The van der Waals surface area contributed by atoms with Crippen molar-refractivity contribution in [2.24, 2.45) is 0 Å². The van der Waals surface area contributed by atoms with Gasteiger partial charge in [-0.05, 0) is 13.5 Å². The molecule has 0 amide bonds. The van der Waals surface area contributed by atoms with Crippen LogP contribution in [0.25, 0.3) is 0 Å². The molecule has 0 heterocycles. The van der Waals surface area contributed by atoms with Crippen LogP contribution in [0.3, 0.4) is 0 Å². The molecule has 0 aliphatic heterocycles. The van der Waals surface area contributed by atoms with E-state index in [1.807, 2.05) is 0 Å². The van der Waals surface area contributed by atoms with E-state index in [0.717, 1.165) is 6.42 Å². The molecule has 0 aromatic rings. The van der Waals surface area contributed by atoms with Crippen molar-refractivity contribution in [3.63, 3.8) is 0 Å². The topological polar surface area (TPSA) is 52.6 Å². The van der Waals surface area contributed by atoms with E-state index in [9.17, 15) is 8.76 Å². The van der Waals surface area contributed by atoms with Crippen molar-refractivity contribution in [3.8, 4) is 0 Å². The monoisotopic (exact) mass is 166 g/mol. The largest absolute Gasteiger partial charge is 0.760 e. The second kappa shape index (κ2) is 5.79. The molecular formula is C5H12NO3S-. The Morgan fingerprint density at radius 2 is 2.30 bits per heavy atom. The number of nitrogens with zero attached hydrogens (tertiary/aromatic N) is 1. The molecule has 1 unspecified atom stereocenters. The Balaban J connectivity index is 3.21. The van der Waals surface area contributed by atoms with E-state index >= 15 is 0 Å². The van der Waals surface area contributed by atoms with Gasteiger partial charge in [-0.3, -0.25) is 4.21 Å². The van der Waals surface area contributed by atoms with Gasteiger partial charge in [0.2, 0.25) is 0 Å². The molecule has 0 rings (SSSR count). The molecule has 1 atom stereocenters. The molecule has 0 radical (unpaired) electrons. The van der Waals surface area contributed by atoms with Gasteiger partial charge in [0.15, 0.2) is 0 Å². The van der Waals surface area contributed by atoms with Crippen LogP contribution < -0.4 is 0 Å². The van der Waals surface area contributed by atoms with Gasteiger partial charge in [0.25, 0.3) is 0 Å². The van der Waals surface area contributed by atoms with Crippen molar-refractivity contribution < 1.29 is 13.5 Å². The number of hydrogen-bond acceptors (Lipinski definition) is 3. The van der Waals surface area contributed by atoms with E-state index in [1.165, 1.54) is 11.4 Å². The van der Waals surface area contributed by atoms with Gasteiger partial charge in [0.1, 0.15) is 0 Å². The predicted octanol–water partition coefficient (Wildman–Crippen LogP) is -0.251. The zero-order valence-electron chi connectivity index (χ0n) is 6.20. The molecule has 0 aliphatic rings. The third-order valence-corrected chi connectivity index (χ3v) is 1.77. The number of ether oxygens (including phenoxy) is 1. The first-order valence-electron chi connectivity index (χ1n) is 2.98. The van der Waals surface area contributed by atoms with Gasteiger partial charge in [-0.2, -0.15) is 0 Å². The molecule has 0 saturated heterocycles. The Morgan fingerprint density at radius 1 is 1.70 bits per heavy atom. The van der Waals surface area contributed by atoms with Crippen LogP contribution in [-0.2, 0) is 16.0 Å². The lowest BCUT2D eigenvalue weighted by molar-refractivity contribution is 0.189. The number of hydrogen-bond donors (Lipinski definition) is 0. The summed E-state index contributed by atoms with van der Waals surface area (Å²) in [5, 5.41) is 0. The summed E-state index contributed by atoms with van der Waals surface area (Å²) in [7, 11) is 3.12. The summed E-state index contributed by atoms with van der Waals surface area (Å²) < 4.78 is 26.3. The lowest BCUT2D eigenvalue weighted by atomic mass is 10.5. The van der Waals surface area contributed by atoms with Crippen LogP contribution in [0.4, 0.5) is 0 Å². The minimum atomic E-state index is -2.09. The molecule has 5 heteroatoms. The fourth-order valence-electron chi connectivity index (χ4n) is 0.506. The maximum atomic E-state index is 10.2. The lowest BCUT2D eigenvalue weighted by Crippen LogP contribution is -2.22. The zero-order chi connectivity index (χ0) is 7.98. The van der Waals surface area contributed by atoms with E-state index in [0.29, 0.717) is 13.2 Å². The Labute approximate surface area is 63.6 Å². The van der Waals surface area contributed by atoms with Crippen LogP contribution in [0, 0.1) is 0 Å². The second-order valence-corrected chi connectivity index (χ2v) is 2.97. The summed E-state index contributed by atoms with van der Waals surface area (Å²) in [5.74, 6) is 0. The summed E-state index contributed by atoms with van der Waals surface area (Å²) in [5.41, 5.74) is 0. The summed E-state index contributed by atoms with van der Waals surface area (Å²) >= 11 is -2.09. The predicted molar refractivity (Wildman–Crippen MR) is 38.0 cm³/mol. The molecule has 62 valence electrons. The van der Waals surface area contributed by atoms with Gasteiger partial charge < -0.3 is 9.29 Å². The summed E-state index contributed by atoms with van der Waals surface area (Å²) in [4.78, 5) is 0. The Morgan fingerprint density at radius 3 is 2.70 bits per heavy atom. The highest BCUT2D eigenvalue weighted by atomic mass is 32.2. The van der Waals surface area contributed by atoms with Crippen LogP contribution in [0.1, 0.15) is 6.42 Å². The van der Waals surface area contributed by atoms with Gasteiger partial charge in [-0.25, -0.2) is 4.31 Å². The molecular weight excluding hydrogens is 154 g/mol. The first kappa shape index (κ1) is 10.0. The summed E-state index contributed by atoms with van der Waals surface area (Å²) in [6.45, 7) is 1.12. The van der Waals surface area contributed by atoms with Crippen molar-refractivity contribution >= 4 is 11.3 Å². The quantitative estimate of drug-likeness (QED) is 0.418. The molecule has 10 heavy (non-hydrogen) atoms. The third kappa shape index (κ3) is 4.87. The summed E-state index contributed by atoms with van der Waals surface area (Å²) in [6, 6.07) is 0. The number of methoxy groups -OCH3 is 1. The second-order valence-electron chi connectivity index (χ2n) is 1.91. The number of rotatable bonds is 5. The lowest BCUT2D eigenvalue weighted by Gasteiger charge is -2.17. The maximum Gasteiger partial charge on any atom is 0.0474 e. The highest BCUT2D eigenvalue weighted by Crippen LogP contribution is 1.89. The van der Waals surface area contributed by atoms with Gasteiger partial charge >= 0.3 is 0 Å². The molecule has 0 aromatic heterocycles. The van der Waals surface area contributed by atoms with Gasteiger partial charge in [0.05, 0.1) is 0 Å². The first-order valence-corrected chi connectivity index (χ1v) is 4.01. The summed E-state index contributed by atoms with van der Waals surface area (Å²) in [6.07, 6.45) is 0.737. The Hall–Kier alpha value is 0.0300. The van der Waals surface area contributed by atoms with Crippen molar-refractivity contribution in [2.75, 3.05) is 27.3 Å². The van der Waals surface area contributed by atoms with Crippen LogP contribution in [0.15, 0.2) is 0 Å². The van der Waals surface area contributed by atoms with Crippen LogP contribution >= 0.6 is 0 Å².